The fraction of sp³-hybridized carbons (Fsp3) is 0.929. The molecule has 104 valence electrons. The van der Waals surface area contributed by atoms with E-state index in [1.165, 1.54) is 19.3 Å². The monoisotopic (exact) mass is 253 g/mol. The Kier molecular flexibility index (Phi) is 4.28. The van der Waals surface area contributed by atoms with Crippen molar-refractivity contribution in [2.45, 2.75) is 63.6 Å². The molecule has 2 atom stereocenters. The van der Waals surface area contributed by atoms with Crippen LogP contribution >= 0.6 is 0 Å². The first-order valence-electron chi connectivity index (χ1n) is 7.28. The van der Waals surface area contributed by atoms with E-state index >= 15 is 0 Å². The fourth-order valence-corrected chi connectivity index (χ4v) is 2.67. The highest BCUT2D eigenvalue weighted by molar-refractivity contribution is 5.86. The van der Waals surface area contributed by atoms with Crippen LogP contribution in [0.2, 0.25) is 0 Å². The fourth-order valence-electron chi connectivity index (χ4n) is 2.67. The van der Waals surface area contributed by atoms with Crippen molar-refractivity contribution in [1.29, 1.82) is 0 Å². The van der Waals surface area contributed by atoms with Crippen molar-refractivity contribution in [2.75, 3.05) is 20.1 Å². The first kappa shape index (κ1) is 13.8. The van der Waals surface area contributed by atoms with Crippen LogP contribution in [0.25, 0.3) is 0 Å². The van der Waals surface area contributed by atoms with Gasteiger partial charge < -0.3 is 10.6 Å². The molecule has 2 aliphatic rings. The third-order valence-electron chi connectivity index (χ3n) is 4.50. The number of rotatable bonds is 5. The Morgan fingerprint density at radius 3 is 2.78 bits per heavy atom. The number of carbonyl (C=O) groups excluding carboxylic acids is 1. The second-order valence-corrected chi connectivity index (χ2v) is 6.17. The van der Waals surface area contributed by atoms with E-state index < -0.39 is 0 Å². The summed E-state index contributed by atoms with van der Waals surface area (Å²) in [6, 6.07) is 1.17. The normalized spacial score (nSPS) is 30.2. The van der Waals surface area contributed by atoms with Gasteiger partial charge in [-0.15, -0.1) is 0 Å². The number of carbonyl (C=O) groups is 1. The lowest BCUT2D eigenvalue weighted by molar-refractivity contribution is -0.128. The molecule has 2 fully saturated rings. The van der Waals surface area contributed by atoms with Gasteiger partial charge in [0.15, 0.2) is 0 Å². The number of nitrogens with one attached hydrogen (secondary N) is 2. The highest BCUT2D eigenvalue weighted by atomic mass is 16.2. The average Bonchev–Trinajstić information content (AvgIpc) is 3.19. The molecule has 0 radical (unpaired) electrons. The first-order valence-corrected chi connectivity index (χ1v) is 7.28. The zero-order chi connectivity index (χ0) is 13.2. The third-order valence-corrected chi connectivity index (χ3v) is 4.50. The minimum atomic E-state index is -0.351. The highest BCUT2D eigenvalue weighted by Crippen LogP contribution is 2.26. The molecule has 0 aromatic heterocycles. The topological polar surface area (TPSA) is 44.4 Å². The molecule has 4 nitrogen and oxygen atoms in total. The maximum absolute atomic E-state index is 12.2. The molecule has 18 heavy (non-hydrogen) atoms. The minimum absolute atomic E-state index is 0.165. The molecule has 0 bridgehead atoms. The molecule has 1 saturated heterocycles. The summed E-state index contributed by atoms with van der Waals surface area (Å²) in [6.45, 7) is 5.93. The van der Waals surface area contributed by atoms with Gasteiger partial charge >= 0.3 is 0 Å². The van der Waals surface area contributed by atoms with Gasteiger partial charge in [-0.25, -0.2) is 0 Å². The van der Waals surface area contributed by atoms with Gasteiger partial charge in [0.2, 0.25) is 5.91 Å². The maximum Gasteiger partial charge on any atom is 0.240 e. The zero-order valence-corrected chi connectivity index (χ0v) is 12.0. The second kappa shape index (κ2) is 5.57. The SMILES string of the molecule is CC(CNC(=O)C1(C)CCCCN1)N(C)C1CC1. The van der Waals surface area contributed by atoms with Crippen LogP contribution in [-0.2, 0) is 4.79 Å². The summed E-state index contributed by atoms with van der Waals surface area (Å²) < 4.78 is 0. The van der Waals surface area contributed by atoms with Crippen LogP contribution in [0.1, 0.15) is 46.0 Å². The smallest absolute Gasteiger partial charge is 0.240 e. The van der Waals surface area contributed by atoms with Crippen molar-refractivity contribution in [2.24, 2.45) is 0 Å². The number of likely N-dealkylation sites (N-methyl/N-ethyl adjacent to an activating group) is 1. The lowest BCUT2D eigenvalue weighted by atomic mass is 9.90. The average molecular weight is 253 g/mol. The molecule has 2 rings (SSSR count). The standard InChI is InChI=1S/C14H27N3O/c1-11(17(3)12-6-7-12)10-15-13(18)14(2)8-4-5-9-16-14/h11-12,16H,4-10H2,1-3H3,(H,15,18). The van der Waals surface area contributed by atoms with Crippen LogP contribution in [0, 0.1) is 0 Å². The molecular weight excluding hydrogens is 226 g/mol. The van der Waals surface area contributed by atoms with Gasteiger partial charge in [0.1, 0.15) is 0 Å². The number of hydrogen-bond donors (Lipinski definition) is 2. The summed E-state index contributed by atoms with van der Waals surface area (Å²) in [6.07, 6.45) is 5.91. The summed E-state index contributed by atoms with van der Waals surface area (Å²) in [5.41, 5.74) is -0.351. The Bertz CT molecular complexity index is 295. The van der Waals surface area contributed by atoms with Crippen molar-refractivity contribution in [3.63, 3.8) is 0 Å². The summed E-state index contributed by atoms with van der Waals surface area (Å²) in [7, 11) is 2.16. The third kappa shape index (κ3) is 3.23. The van der Waals surface area contributed by atoms with Crippen molar-refractivity contribution < 1.29 is 4.79 Å². The summed E-state index contributed by atoms with van der Waals surface area (Å²) >= 11 is 0. The summed E-state index contributed by atoms with van der Waals surface area (Å²) in [5.74, 6) is 0.165. The Balaban J connectivity index is 1.76. The quantitative estimate of drug-likeness (QED) is 0.771. The van der Waals surface area contributed by atoms with Gasteiger partial charge in [-0.05, 0) is 59.5 Å². The molecule has 1 amide bonds. The maximum atomic E-state index is 12.2. The van der Waals surface area contributed by atoms with Crippen molar-refractivity contribution in [1.82, 2.24) is 15.5 Å². The van der Waals surface area contributed by atoms with Crippen LogP contribution in [0.5, 0.6) is 0 Å². The molecule has 1 saturated carbocycles. The van der Waals surface area contributed by atoms with Gasteiger partial charge in [0.25, 0.3) is 0 Å². The van der Waals surface area contributed by atoms with Gasteiger partial charge in [-0.3, -0.25) is 9.69 Å². The van der Waals surface area contributed by atoms with Crippen molar-refractivity contribution in [3.05, 3.63) is 0 Å². The highest BCUT2D eigenvalue weighted by Gasteiger charge is 2.35. The summed E-state index contributed by atoms with van der Waals surface area (Å²) in [4.78, 5) is 14.6. The largest absolute Gasteiger partial charge is 0.353 e. The van der Waals surface area contributed by atoms with Gasteiger partial charge in [0.05, 0.1) is 5.54 Å². The zero-order valence-electron chi connectivity index (χ0n) is 12.0. The molecule has 2 N–H and O–H groups in total. The lowest BCUT2D eigenvalue weighted by Crippen LogP contribution is -2.58. The molecule has 0 spiro atoms. The van der Waals surface area contributed by atoms with E-state index in [9.17, 15) is 4.79 Å². The van der Waals surface area contributed by atoms with E-state index in [2.05, 4.69) is 29.5 Å². The minimum Gasteiger partial charge on any atom is -0.353 e. The predicted octanol–water partition coefficient (Wildman–Crippen LogP) is 1.12. The molecule has 4 heteroatoms. The second-order valence-electron chi connectivity index (χ2n) is 6.17. The van der Waals surface area contributed by atoms with Gasteiger partial charge in [-0.1, -0.05) is 0 Å². The van der Waals surface area contributed by atoms with Crippen molar-refractivity contribution in [3.8, 4) is 0 Å². The number of hydrogen-bond acceptors (Lipinski definition) is 3. The van der Waals surface area contributed by atoms with E-state index in [1.807, 2.05) is 6.92 Å². The molecule has 0 aromatic rings. The molecule has 1 aliphatic heterocycles. The predicted molar refractivity (Wildman–Crippen MR) is 73.5 cm³/mol. The van der Waals surface area contributed by atoms with E-state index in [-0.39, 0.29) is 11.4 Å². The van der Waals surface area contributed by atoms with Crippen LogP contribution in [0.15, 0.2) is 0 Å². The van der Waals surface area contributed by atoms with E-state index in [4.69, 9.17) is 0 Å². The van der Waals surface area contributed by atoms with Crippen molar-refractivity contribution >= 4 is 5.91 Å². The Labute approximate surface area is 110 Å². The molecule has 1 aliphatic carbocycles. The Hall–Kier alpha value is -0.610. The van der Waals surface area contributed by atoms with E-state index in [0.29, 0.717) is 6.04 Å². The molecule has 2 unspecified atom stereocenters. The van der Waals surface area contributed by atoms with Crippen LogP contribution in [0.3, 0.4) is 0 Å². The van der Waals surface area contributed by atoms with Gasteiger partial charge in [-0.2, -0.15) is 0 Å². The van der Waals surface area contributed by atoms with Crippen LogP contribution in [0.4, 0.5) is 0 Å². The molecule has 1 heterocycles. The number of nitrogens with zero attached hydrogens (tertiary/aromatic N) is 1. The first-order chi connectivity index (χ1) is 8.53. The van der Waals surface area contributed by atoms with Crippen LogP contribution in [-0.4, -0.2) is 48.6 Å². The molecular formula is C14H27N3O. The lowest BCUT2D eigenvalue weighted by Gasteiger charge is -2.34. The van der Waals surface area contributed by atoms with Gasteiger partial charge in [0, 0.05) is 18.6 Å². The Morgan fingerprint density at radius 1 is 1.50 bits per heavy atom. The number of piperidine rings is 1. The summed E-state index contributed by atoms with van der Waals surface area (Å²) in [5, 5.41) is 6.47. The number of amides is 1. The Morgan fingerprint density at radius 2 is 2.22 bits per heavy atom. The van der Waals surface area contributed by atoms with Crippen LogP contribution < -0.4 is 10.6 Å². The van der Waals surface area contributed by atoms with E-state index in [0.717, 1.165) is 32.0 Å². The molecule has 0 aromatic carbocycles. The van der Waals surface area contributed by atoms with E-state index in [1.54, 1.807) is 0 Å².